The normalized spacial score (nSPS) is 19.0. The summed E-state index contributed by atoms with van der Waals surface area (Å²) in [6.07, 6.45) is 0. The molecule has 0 heterocycles. The van der Waals surface area contributed by atoms with Crippen LogP contribution in [0.25, 0.3) is 0 Å². The van der Waals surface area contributed by atoms with Crippen molar-refractivity contribution in [3.8, 4) is 0 Å². The number of rotatable bonds is 1. The topological polar surface area (TPSA) is 145 Å². The predicted octanol–water partition coefficient (Wildman–Crippen LogP) is -2.32. The maximum Gasteiger partial charge on any atom is 0.253 e. The fourth-order valence-electron chi connectivity index (χ4n) is 1.07. The molecule has 0 atom stereocenters. The van der Waals surface area contributed by atoms with Crippen molar-refractivity contribution >= 4 is 5.91 Å². The highest BCUT2D eigenvalue weighted by Crippen LogP contribution is 2.25. The average Bonchev–Trinajstić information content (AvgIpc) is 2.16. The quantitative estimate of drug-likeness (QED) is 0.347. The van der Waals surface area contributed by atoms with E-state index in [1.807, 2.05) is 0 Å². The highest BCUT2D eigenvalue weighted by Gasteiger charge is 2.32. The first-order chi connectivity index (χ1) is 5.46. The van der Waals surface area contributed by atoms with Gasteiger partial charge in [-0.15, -0.1) is 0 Å². The monoisotopic (exact) mass is 168 g/mol. The Bertz CT molecular complexity index is 279. The third kappa shape index (κ3) is 0.849. The van der Waals surface area contributed by atoms with Crippen molar-refractivity contribution in [1.82, 2.24) is 5.73 Å². The van der Waals surface area contributed by atoms with Gasteiger partial charge in [0.25, 0.3) is 5.91 Å². The molecule has 6 nitrogen and oxygen atoms in total. The fraction of sp³-hybridized carbons (Fsp3) is 0.167. The van der Waals surface area contributed by atoms with E-state index in [9.17, 15) is 4.79 Å². The molecule has 1 aliphatic rings. The molecule has 0 bridgehead atoms. The largest absolute Gasteiger partial charge is 0.399 e. The fourth-order valence-corrected chi connectivity index (χ4v) is 1.07. The molecule has 1 rings (SSSR count). The van der Waals surface area contributed by atoms with Gasteiger partial charge in [-0.1, -0.05) is 0 Å². The van der Waals surface area contributed by atoms with E-state index < -0.39 is 11.8 Å². The summed E-state index contributed by atoms with van der Waals surface area (Å²) in [6.45, 7) is 0. The number of amides is 1. The number of hydrogen-bond donors (Lipinski definition) is 4. The molecule has 6 heteroatoms. The summed E-state index contributed by atoms with van der Waals surface area (Å²) in [4.78, 5) is 10.7. The SMILES string of the molecule is [NH]C(=O)C1C(N)=C(N)C(N)=C1N. The molecule has 12 heavy (non-hydrogen) atoms. The van der Waals surface area contributed by atoms with E-state index >= 15 is 0 Å². The van der Waals surface area contributed by atoms with Crippen molar-refractivity contribution in [2.24, 2.45) is 28.9 Å². The molecule has 0 aromatic carbocycles. The summed E-state index contributed by atoms with van der Waals surface area (Å²) in [5.41, 5.74) is 28.8. The summed E-state index contributed by atoms with van der Waals surface area (Å²) in [5.74, 6) is -1.85. The molecule has 0 saturated heterocycles. The zero-order chi connectivity index (χ0) is 9.46. The van der Waals surface area contributed by atoms with Crippen LogP contribution in [0.15, 0.2) is 22.8 Å². The second-order valence-corrected chi connectivity index (χ2v) is 2.54. The molecule has 1 radical (unpaired) electrons. The highest BCUT2D eigenvalue weighted by molar-refractivity contribution is 5.84. The van der Waals surface area contributed by atoms with Gasteiger partial charge in [0.05, 0.1) is 22.8 Å². The predicted molar refractivity (Wildman–Crippen MR) is 42.4 cm³/mol. The van der Waals surface area contributed by atoms with Gasteiger partial charge in [0.2, 0.25) is 0 Å². The van der Waals surface area contributed by atoms with Gasteiger partial charge in [-0.2, -0.15) is 0 Å². The molecule has 0 spiro atoms. The number of nitrogens with one attached hydrogen (secondary N) is 1. The Labute approximate surface area is 69.0 Å². The van der Waals surface area contributed by atoms with Gasteiger partial charge in [-0.25, -0.2) is 0 Å². The van der Waals surface area contributed by atoms with Crippen LogP contribution in [0.4, 0.5) is 0 Å². The van der Waals surface area contributed by atoms with Crippen LogP contribution in [-0.4, -0.2) is 5.91 Å². The van der Waals surface area contributed by atoms with Gasteiger partial charge in [0, 0.05) is 0 Å². The maximum atomic E-state index is 10.7. The van der Waals surface area contributed by atoms with Crippen LogP contribution < -0.4 is 28.7 Å². The van der Waals surface area contributed by atoms with E-state index in [1.54, 1.807) is 0 Å². The van der Waals surface area contributed by atoms with Crippen molar-refractivity contribution in [3.05, 3.63) is 22.8 Å². The van der Waals surface area contributed by atoms with Gasteiger partial charge >= 0.3 is 0 Å². The average molecular weight is 168 g/mol. The Morgan fingerprint density at radius 3 is 1.58 bits per heavy atom. The molecule has 0 unspecified atom stereocenters. The first-order valence-corrected chi connectivity index (χ1v) is 3.22. The maximum absolute atomic E-state index is 10.7. The zero-order valence-electron chi connectivity index (χ0n) is 6.29. The van der Waals surface area contributed by atoms with Crippen LogP contribution in [-0.2, 0) is 4.79 Å². The Kier molecular flexibility index (Phi) is 1.60. The van der Waals surface area contributed by atoms with Crippen molar-refractivity contribution in [1.29, 1.82) is 0 Å². The lowest BCUT2D eigenvalue weighted by Gasteiger charge is -2.06. The highest BCUT2D eigenvalue weighted by atomic mass is 16.1. The zero-order valence-corrected chi connectivity index (χ0v) is 6.29. The van der Waals surface area contributed by atoms with E-state index in [4.69, 9.17) is 28.7 Å². The number of hydrogen-bond acceptors (Lipinski definition) is 5. The molecule has 0 aromatic rings. The van der Waals surface area contributed by atoms with Gasteiger partial charge in [-0.05, 0) is 0 Å². The van der Waals surface area contributed by atoms with E-state index in [-0.39, 0.29) is 22.8 Å². The van der Waals surface area contributed by atoms with Crippen molar-refractivity contribution in [2.75, 3.05) is 0 Å². The van der Waals surface area contributed by atoms with E-state index in [1.165, 1.54) is 0 Å². The van der Waals surface area contributed by atoms with Crippen LogP contribution in [0.2, 0.25) is 0 Å². The Morgan fingerprint density at radius 2 is 1.42 bits per heavy atom. The third-order valence-electron chi connectivity index (χ3n) is 1.80. The lowest BCUT2D eigenvalue weighted by Crippen LogP contribution is -2.26. The van der Waals surface area contributed by atoms with E-state index in [0.717, 1.165) is 0 Å². The Hall–Kier alpha value is -1.85. The summed E-state index contributed by atoms with van der Waals surface area (Å²) in [7, 11) is 0. The summed E-state index contributed by atoms with van der Waals surface area (Å²) in [6, 6.07) is 0. The number of carbonyl (C=O) groups excluding carboxylic acids is 1. The summed E-state index contributed by atoms with van der Waals surface area (Å²) < 4.78 is 0. The lowest BCUT2D eigenvalue weighted by atomic mass is 10.1. The first-order valence-electron chi connectivity index (χ1n) is 3.22. The summed E-state index contributed by atoms with van der Waals surface area (Å²) >= 11 is 0. The van der Waals surface area contributed by atoms with E-state index in [2.05, 4.69) is 0 Å². The van der Waals surface area contributed by atoms with Crippen LogP contribution >= 0.6 is 0 Å². The smallest absolute Gasteiger partial charge is 0.253 e. The van der Waals surface area contributed by atoms with Crippen LogP contribution in [0, 0.1) is 5.92 Å². The molecule has 1 amide bonds. The molecule has 0 aromatic heterocycles. The Balaban J connectivity index is 3.17. The molecule has 0 saturated carbocycles. The second-order valence-electron chi connectivity index (χ2n) is 2.54. The minimum atomic E-state index is -0.954. The molecular weight excluding hydrogens is 158 g/mol. The number of carbonyl (C=O) groups is 1. The third-order valence-corrected chi connectivity index (χ3v) is 1.80. The molecule has 0 aliphatic heterocycles. The van der Waals surface area contributed by atoms with Gasteiger partial charge in [0.1, 0.15) is 5.92 Å². The van der Waals surface area contributed by atoms with Crippen molar-refractivity contribution in [3.63, 3.8) is 0 Å². The van der Waals surface area contributed by atoms with Crippen LogP contribution in [0.5, 0.6) is 0 Å². The lowest BCUT2D eigenvalue weighted by molar-refractivity contribution is -0.120. The Morgan fingerprint density at radius 1 is 1.08 bits per heavy atom. The van der Waals surface area contributed by atoms with Gasteiger partial charge < -0.3 is 22.9 Å². The molecular formula is C6H10N5O. The molecule has 0 fully saturated rings. The standard InChI is InChI=1S/C6H10N5O/c7-2-1(6(11)12)3(8)5(10)4(2)9/h1,11H,7-10H2. The van der Waals surface area contributed by atoms with Gasteiger partial charge in [-0.3, -0.25) is 10.5 Å². The molecule has 65 valence electrons. The van der Waals surface area contributed by atoms with Crippen LogP contribution in [0.3, 0.4) is 0 Å². The van der Waals surface area contributed by atoms with Crippen molar-refractivity contribution < 1.29 is 4.79 Å². The molecule has 1 aliphatic carbocycles. The minimum absolute atomic E-state index is 0.0741. The van der Waals surface area contributed by atoms with E-state index in [0.29, 0.717) is 0 Å². The molecule has 9 N–H and O–H groups in total. The second kappa shape index (κ2) is 2.33. The van der Waals surface area contributed by atoms with Crippen molar-refractivity contribution in [2.45, 2.75) is 0 Å². The van der Waals surface area contributed by atoms with Gasteiger partial charge in [0.15, 0.2) is 0 Å². The summed E-state index contributed by atoms with van der Waals surface area (Å²) in [5, 5.41) is 0. The minimum Gasteiger partial charge on any atom is -0.399 e. The first kappa shape index (κ1) is 8.25. The van der Waals surface area contributed by atoms with Crippen LogP contribution in [0.1, 0.15) is 0 Å². The number of nitrogens with two attached hydrogens (primary N) is 4.